The molecule has 0 saturated heterocycles. The Balaban J connectivity index is 2.13. The minimum Gasteiger partial charge on any atom is -0.389 e. The van der Waals surface area contributed by atoms with E-state index in [-0.39, 0.29) is 5.91 Å². The van der Waals surface area contributed by atoms with E-state index in [0.29, 0.717) is 10.6 Å². The molecule has 0 saturated carbocycles. The molecular formula is C15H14N2OS2. The van der Waals surface area contributed by atoms with E-state index in [9.17, 15) is 4.79 Å². The van der Waals surface area contributed by atoms with E-state index < -0.39 is 0 Å². The molecule has 3 nitrogen and oxygen atoms in total. The third-order valence-electron chi connectivity index (χ3n) is 2.76. The molecule has 2 aromatic carbocycles. The van der Waals surface area contributed by atoms with Crippen molar-refractivity contribution in [2.75, 3.05) is 11.6 Å². The zero-order valence-corrected chi connectivity index (χ0v) is 12.6. The Hall–Kier alpha value is -1.85. The summed E-state index contributed by atoms with van der Waals surface area (Å²) < 4.78 is 0. The second kappa shape index (κ2) is 6.54. The van der Waals surface area contributed by atoms with Crippen LogP contribution in [0.4, 0.5) is 5.69 Å². The Morgan fingerprint density at radius 3 is 2.40 bits per heavy atom. The van der Waals surface area contributed by atoms with E-state index in [4.69, 9.17) is 18.0 Å². The summed E-state index contributed by atoms with van der Waals surface area (Å²) in [5, 5.41) is 2.87. The predicted octanol–water partition coefficient (Wildman–Crippen LogP) is 3.30. The summed E-state index contributed by atoms with van der Waals surface area (Å²) in [4.78, 5) is 13.5. The smallest absolute Gasteiger partial charge is 0.255 e. The number of hydrogen-bond acceptors (Lipinski definition) is 3. The molecule has 2 rings (SSSR count). The number of thiocarbonyl (C=S) groups is 1. The van der Waals surface area contributed by atoms with E-state index in [0.717, 1.165) is 16.1 Å². The predicted molar refractivity (Wildman–Crippen MR) is 88.5 cm³/mol. The van der Waals surface area contributed by atoms with E-state index in [1.54, 1.807) is 36.0 Å². The minimum absolute atomic E-state index is 0.155. The third kappa shape index (κ3) is 3.59. The first-order valence-corrected chi connectivity index (χ1v) is 7.59. The quantitative estimate of drug-likeness (QED) is 0.672. The van der Waals surface area contributed by atoms with E-state index in [1.165, 1.54) is 0 Å². The van der Waals surface area contributed by atoms with Gasteiger partial charge in [-0.1, -0.05) is 30.4 Å². The minimum atomic E-state index is -0.155. The Bertz CT molecular complexity index is 639. The van der Waals surface area contributed by atoms with Gasteiger partial charge in [0.25, 0.3) is 5.91 Å². The second-order valence-corrected chi connectivity index (χ2v) is 5.45. The number of anilines is 1. The fraction of sp³-hybridized carbons (Fsp3) is 0.0667. The number of amides is 1. The molecule has 0 radical (unpaired) electrons. The zero-order valence-electron chi connectivity index (χ0n) is 10.9. The van der Waals surface area contributed by atoms with Gasteiger partial charge in [-0.3, -0.25) is 4.79 Å². The highest BCUT2D eigenvalue weighted by Crippen LogP contribution is 2.19. The highest BCUT2D eigenvalue weighted by molar-refractivity contribution is 7.98. The molecule has 0 aromatic heterocycles. The largest absolute Gasteiger partial charge is 0.389 e. The van der Waals surface area contributed by atoms with Gasteiger partial charge >= 0.3 is 0 Å². The molecular weight excluding hydrogens is 288 g/mol. The van der Waals surface area contributed by atoms with Crippen LogP contribution in [0.2, 0.25) is 0 Å². The monoisotopic (exact) mass is 302 g/mol. The summed E-state index contributed by atoms with van der Waals surface area (Å²) in [5.41, 5.74) is 7.62. The summed E-state index contributed by atoms with van der Waals surface area (Å²) in [6.07, 6.45) is 2.00. The van der Waals surface area contributed by atoms with Gasteiger partial charge in [-0.25, -0.2) is 0 Å². The molecule has 5 heteroatoms. The van der Waals surface area contributed by atoms with E-state index >= 15 is 0 Å². The van der Waals surface area contributed by atoms with Gasteiger partial charge in [-0.2, -0.15) is 0 Å². The first-order chi connectivity index (χ1) is 9.60. The first-order valence-electron chi connectivity index (χ1n) is 5.95. The summed E-state index contributed by atoms with van der Waals surface area (Å²) in [6, 6.07) is 14.6. The molecule has 102 valence electrons. The maximum absolute atomic E-state index is 12.1. The maximum atomic E-state index is 12.1. The Kier molecular flexibility index (Phi) is 4.76. The van der Waals surface area contributed by atoms with Gasteiger partial charge in [-0.05, 0) is 36.6 Å². The van der Waals surface area contributed by atoms with Crippen molar-refractivity contribution < 1.29 is 4.79 Å². The lowest BCUT2D eigenvalue weighted by molar-refractivity contribution is 0.102. The topological polar surface area (TPSA) is 55.1 Å². The summed E-state index contributed by atoms with van der Waals surface area (Å²) in [7, 11) is 0. The molecule has 2 aromatic rings. The lowest BCUT2D eigenvalue weighted by Gasteiger charge is -2.07. The van der Waals surface area contributed by atoms with Gasteiger partial charge in [0.1, 0.15) is 4.99 Å². The van der Waals surface area contributed by atoms with Crippen molar-refractivity contribution in [2.45, 2.75) is 4.90 Å². The Morgan fingerprint density at radius 2 is 1.80 bits per heavy atom. The number of benzene rings is 2. The number of nitrogens with one attached hydrogen (secondary N) is 1. The van der Waals surface area contributed by atoms with Gasteiger partial charge in [0, 0.05) is 21.7 Å². The lowest BCUT2D eigenvalue weighted by atomic mass is 10.1. The van der Waals surface area contributed by atoms with Gasteiger partial charge in [0.15, 0.2) is 0 Å². The molecule has 20 heavy (non-hydrogen) atoms. The van der Waals surface area contributed by atoms with Gasteiger partial charge in [-0.15, -0.1) is 11.8 Å². The number of carbonyl (C=O) groups excluding carboxylic acids is 1. The molecule has 0 heterocycles. The van der Waals surface area contributed by atoms with Crippen molar-refractivity contribution in [3.05, 3.63) is 59.7 Å². The van der Waals surface area contributed by atoms with Crippen LogP contribution in [-0.2, 0) is 0 Å². The van der Waals surface area contributed by atoms with Crippen LogP contribution in [-0.4, -0.2) is 17.2 Å². The van der Waals surface area contributed by atoms with E-state index in [1.807, 2.05) is 30.5 Å². The molecule has 0 aliphatic rings. The first kappa shape index (κ1) is 14.6. The van der Waals surface area contributed by atoms with Gasteiger partial charge in [0.05, 0.1) is 0 Å². The standard InChI is InChI=1S/C15H14N2OS2/c1-20-13-4-2-3-12(9-13)17-15(18)11-7-5-10(6-8-11)14(16)19/h2-9H,1H3,(H2,16,19)(H,17,18). The van der Waals surface area contributed by atoms with Crippen LogP contribution in [0.15, 0.2) is 53.4 Å². The molecule has 0 atom stereocenters. The maximum Gasteiger partial charge on any atom is 0.255 e. The average molecular weight is 302 g/mol. The van der Waals surface area contributed by atoms with Crippen LogP contribution in [0.3, 0.4) is 0 Å². The molecule has 0 unspecified atom stereocenters. The van der Waals surface area contributed by atoms with Gasteiger partial charge in [0.2, 0.25) is 0 Å². The van der Waals surface area contributed by atoms with Crippen LogP contribution >= 0.6 is 24.0 Å². The van der Waals surface area contributed by atoms with Crippen molar-refractivity contribution >= 4 is 40.6 Å². The summed E-state index contributed by atoms with van der Waals surface area (Å²) in [5.74, 6) is -0.155. The lowest BCUT2D eigenvalue weighted by Crippen LogP contribution is -2.13. The van der Waals surface area contributed by atoms with Crippen LogP contribution in [0.25, 0.3) is 0 Å². The van der Waals surface area contributed by atoms with Crippen LogP contribution in [0, 0.1) is 0 Å². The Morgan fingerprint density at radius 1 is 1.15 bits per heavy atom. The van der Waals surface area contributed by atoms with Crippen molar-refractivity contribution in [1.29, 1.82) is 0 Å². The van der Waals surface area contributed by atoms with Crippen molar-refractivity contribution in [1.82, 2.24) is 0 Å². The number of thioether (sulfide) groups is 1. The SMILES string of the molecule is CSc1cccc(NC(=O)c2ccc(C(N)=S)cc2)c1. The molecule has 0 bridgehead atoms. The van der Waals surface area contributed by atoms with Crippen molar-refractivity contribution in [3.8, 4) is 0 Å². The van der Waals surface area contributed by atoms with Crippen LogP contribution < -0.4 is 11.1 Å². The van der Waals surface area contributed by atoms with E-state index in [2.05, 4.69) is 5.32 Å². The molecule has 0 spiro atoms. The van der Waals surface area contributed by atoms with Crippen molar-refractivity contribution in [2.24, 2.45) is 5.73 Å². The fourth-order valence-corrected chi connectivity index (χ4v) is 2.29. The van der Waals surface area contributed by atoms with Crippen LogP contribution in [0.5, 0.6) is 0 Å². The number of hydrogen-bond donors (Lipinski definition) is 2. The molecule has 3 N–H and O–H groups in total. The summed E-state index contributed by atoms with van der Waals surface area (Å²) >= 11 is 6.51. The molecule has 0 fully saturated rings. The second-order valence-electron chi connectivity index (χ2n) is 4.13. The number of rotatable bonds is 4. The molecule has 0 aliphatic carbocycles. The van der Waals surface area contributed by atoms with Crippen LogP contribution in [0.1, 0.15) is 15.9 Å². The Labute approximate surface area is 127 Å². The van der Waals surface area contributed by atoms with Crippen molar-refractivity contribution in [3.63, 3.8) is 0 Å². The molecule has 1 amide bonds. The molecule has 0 aliphatic heterocycles. The van der Waals surface area contributed by atoms with Gasteiger partial charge < -0.3 is 11.1 Å². The number of carbonyl (C=O) groups is 1. The number of nitrogens with two attached hydrogens (primary N) is 1. The zero-order chi connectivity index (χ0) is 14.5. The normalized spacial score (nSPS) is 10.1. The summed E-state index contributed by atoms with van der Waals surface area (Å²) in [6.45, 7) is 0. The third-order valence-corrected chi connectivity index (χ3v) is 3.72. The average Bonchev–Trinajstić information content (AvgIpc) is 2.47. The highest BCUT2D eigenvalue weighted by Gasteiger charge is 2.07. The highest BCUT2D eigenvalue weighted by atomic mass is 32.2. The fourth-order valence-electron chi connectivity index (χ4n) is 1.69.